The molecule has 2 saturated carbocycles. The third kappa shape index (κ3) is 2.20. The maximum absolute atomic E-state index is 12.6. The Bertz CT molecular complexity index is 704. The third-order valence-electron chi connectivity index (χ3n) is 5.62. The van der Waals surface area contributed by atoms with Crippen molar-refractivity contribution in [3.8, 4) is 0 Å². The predicted octanol–water partition coefficient (Wildman–Crippen LogP) is 2.83. The lowest BCUT2D eigenvalue weighted by molar-refractivity contribution is -0.127. The highest BCUT2D eigenvalue weighted by Crippen LogP contribution is 2.47. The zero-order chi connectivity index (χ0) is 15.1. The molecule has 0 heterocycles. The van der Waals surface area contributed by atoms with Gasteiger partial charge in [0.15, 0.2) is 0 Å². The summed E-state index contributed by atoms with van der Waals surface area (Å²) in [5.74, 6) is 1.24. The molecule has 0 aliphatic heterocycles. The minimum absolute atomic E-state index is 0.0220. The van der Waals surface area contributed by atoms with Crippen LogP contribution in [0.5, 0.6) is 0 Å². The molecule has 4 atom stereocenters. The van der Waals surface area contributed by atoms with Crippen LogP contribution in [-0.2, 0) is 11.3 Å². The number of nitrogens with one attached hydrogen (secondary N) is 1. The van der Waals surface area contributed by atoms with Gasteiger partial charge in [-0.05, 0) is 47.4 Å². The van der Waals surface area contributed by atoms with Crippen LogP contribution in [-0.4, -0.2) is 11.9 Å². The highest BCUT2D eigenvalue weighted by molar-refractivity contribution is 5.86. The van der Waals surface area contributed by atoms with Gasteiger partial charge in [0, 0.05) is 12.6 Å². The Morgan fingerprint density at radius 3 is 2.68 bits per heavy atom. The van der Waals surface area contributed by atoms with Gasteiger partial charge in [0.1, 0.15) is 0 Å². The Hall–Kier alpha value is -1.87. The molecule has 2 aliphatic rings. The molecular formula is C19H22N2O. The second-order valence-corrected chi connectivity index (χ2v) is 6.79. The van der Waals surface area contributed by atoms with E-state index in [4.69, 9.17) is 5.73 Å². The largest absolute Gasteiger partial charge is 0.352 e. The topological polar surface area (TPSA) is 55.1 Å². The van der Waals surface area contributed by atoms with E-state index in [1.54, 1.807) is 0 Å². The molecule has 2 fully saturated rings. The van der Waals surface area contributed by atoms with E-state index in [0.29, 0.717) is 18.4 Å². The Morgan fingerprint density at radius 1 is 1.09 bits per heavy atom. The van der Waals surface area contributed by atoms with Gasteiger partial charge in [-0.25, -0.2) is 0 Å². The maximum Gasteiger partial charge on any atom is 0.225 e. The number of hydrogen-bond acceptors (Lipinski definition) is 2. The molecule has 3 N–H and O–H groups in total. The van der Waals surface area contributed by atoms with E-state index in [1.807, 2.05) is 18.2 Å². The van der Waals surface area contributed by atoms with Crippen molar-refractivity contribution in [2.75, 3.05) is 0 Å². The standard InChI is InChI=1S/C19H22N2O/c20-18-14-9-8-13(10-14)17(18)19(22)21-11-15-6-3-5-12-4-1-2-7-16(12)15/h1-7,13-14,17-18H,8-11,20H2,(H,21,22). The number of carbonyl (C=O) groups is 1. The average Bonchev–Trinajstić information content (AvgIpc) is 3.13. The summed E-state index contributed by atoms with van der Waals surface area (Å²) in [5, 5.41) is 5.55. The molecule has 2 aliphatic carbocycles. The van der Waals surface area contributed by atoms with Gasteiger partial charge < -0.3 is 11.1 Å². The van der Waals surface area contributed by atoms with Crippen molar-refractivity contribution in [3.63, 3.8) is 0 Å². The van der Waals surface area contributed by atoms with Crippen LogP contribution in [0.15, 0.2) is 42.5 Å². The van der Waals surface area contributed by atoms with Crippen LogP contribution < -0.4 is 11.1 Å². The molecule has 0 radical (unpaired) electrons. The van der Waals surface area contributed by atoms with Crippen LogP contribution >= 0.6 is 0 Å². The van der Waals surface area contributed by atoms with Crippen LogP contribution in [0, 0.1) is 17.8 Å². The van der Waals surface area contributed by atoms with Crippen molar-refractivity contribution in [1.29, 1.82) is 0 Å². The lowest BCUT2D eigenvalue weighted by atomic mass is 9.84. The molecule has 2 bridgehead atoms. The molecule has 114 valence electrons. The van der Waals surface area contributed by atoms with Crippen molar-refractivity contribution in [1.82, 2.24) is 5.32 Å². The molecule has 1 amide bonds. The normalized spacial score (nSPS) is 29.9. The highest BCUT2D eigenvalue weighted by atomic mass is 16.1. The summed E-state index contributed by atoms with van der Waals surface area (Å²) >= 11 is 0. The van der Waals surface area contributed by atoms with Crippen LogP contribution in [0.25, 0.3) is 10.8 Å². The summed E-state index contributed by atoms with van der Waals surface area (Å²) in [6.07, 6.45) is 3.52. The first-order valence-corrected chi connectivity index (χ1v) is 8.24. The van der Waals surface area contributed by atoms with Crippen LogP contribution in [0.1, 0.15) is 24.8 Å². The van der Waals surface area contributed by atoms with Crippen molar-refractivity contribution in [2.24, 2.45) is 23.5 Å². The fourth-order valence-corrected chi connectivity index (χ4v) is 4.47. The number of nitrogens with two attached hydrogens (primary N) is 1. The SMILES string of the molecule is NC1C2CCC(C2)C1C(=O)NCc1cccc2ccccc12. The Labute approximate surface area is 130 Å². The van der Waals surface area contributed by atoms with Gasteiger partial charge >= 0.3 is 0 Å². The second-order valence-electron chi connectivity index (χ2n) is 6.79. The van der Waals surface area contributed by atoms with E-state index in [-0.39, 0.29) is 17.9 Å². The summed E-state index contributed by atoms with van der Waals surface area (Å²) < 4.78 is 0. The minimum Gasteiger partial charge on any atom is -0.352 e. The molecule has 0 aromatic heterocycles. The minimum atomic E-state index is 0.0220. The highest BCUT2D eigenvalue weighted by Gasteiger charge is 2.48. The van der Waals surface area contributed by atoms with E-state index >= 15 is 0 Å². The van der Waals surface area contributed by atoms with Crippen LogP contribution in [0.4, 0.5) is 0 Å². The van der Waals surface area contributed by atoms with Crippen LogP contribution in [0.2, 0.25) is 0 Å². The third-order valence-corrected chi connectivity index (χ3v) is 5.62. The first kappa shape index (κ1) is 13.8. The second kappa shape index (κ2) is 5.40. The van der Waals surface area contributed by atoms with Crippen molar-refractivity contribution in [3.05, 3.63) is 48.0 Å². The quantitative estimate of drug-likeness (QED) is 0.914. The average molecular weight is 294 g/mol. The molecule has 2 aromatic carbocycles. The van der Waals surface area contributed by atoms with Crippen molar-refractivity contribution < 1.29 is 4.79 Å². The lowest BCUT2D eigenvalue weighted by Gasteiger charge is -2.27. The molecule has 4 rings (SSSR count). The molecule has 22 heavy (non-hydrogen) atoms. The van der Waals surface area contributed by atoms with Gasteiger partial charge in [0.05, 0.1) is 5.92 Å². The van der Waals surface area contributed by atoms with Crippen LogP contribution in [0.3, 0.4) is 0 Å². The Morgan fingerprint density at radius 2 is 1.86 bits per heavy atom. The lowest BCUT2D eigenvalue weighted by Crippen LogP contribution is -2.45. The monoisotopic (exact) mass is 294 g/mol. The Balaban J connectivity index is 1.49. The maximum atomic E-state index is 12.6. The molecule has 0 spiro atoms. The van der Waals surface area contributed by atoms with E-state index in [0.717, 1.165) is 6.42 Å². The van der Waals surface area contributed by atoms with Gasteiger partial charge in [-0.1, -0.05) is 42.5 Å². The summed E-state index contributed by atoms with van der Waals surface area (Å²) in [6.45, 7) is 0.584. The molecule has 0 saturated heterocycles. The zero-order valence-electron chi connectivity index (χ0n) is 12.7. The number of hydrogen-bond donors (Lipinski definition) is 2. The van der Waals surface area contributed by atoms with E-state index in [9.17, 15) is 4.79 Å². The first-order chi connectivity index (χ1) is 10.7. The van der Waals surface area contributed by atoms with E-state index in [2.05, 4.69) is 29.6 Å². The summed E-state index contributed by atoms with van der Waals surface area (Å²) in [7, 11) is 0. The number of benzene rings is 2. The van der Waals surface area contributed by atoms with Gasteiger partial charge in [-0.2, -0.15) is 0 Å². The zero-order valence-corrected chi connectivity index (χ0v) is 12.7. The predicted molar refractivity (Wildman–Crippen MR) is 88.1 cm³/mol. The van der Waals surface area contributed by atoms with E-state index in [1.165, 1.54) is 29.2 Å². The number of amides is 1. The summed E-state index contributed by atoms with van der Waals surface area (Å²) in [6, 6.07) is 14.6. The van der Waals surface area contributed by atoms with Crippen molar-refractivity contribution >= 4 is 16.7 Å². The van der Waals surface area contributed by atoms with Gasteiger partial charge in [-0.15, -0.1) is 0 Å². The van der Waals surface area contributed by atoms with Gasteiger partial charge in [0.2, 0.25) is 5.91 Å². The van der Waals surface area contributed by atoms with E-state index < -0.39 is 0 Å². The smallest absolute Gasteiger partial charge is 0.225 e. The summed E-state index contributed by atoms with van der Waals surface area (Å²) in [4.78, 5) is 12.6. The molecule has 2 aromatic rings. The number of fused-ring (bicyclic) bond motifs is 3. The molecular weight excluding hydrogens is 272 g/mol. The molecule has 3 heteroatoms. The molecule has 3 nitrogen and oxygen atoms in total. The van der Waals surface area contributed by atoms with Gasteiger partial charge in [-0.3, -0.25) is 4.79 Å². The fourth-order valence-electron chi connectivity index (χ4n) is 4.47. The van der Waals surface area contributed by atoms with Gasteiger partial charge in [0.25, 0.3) is 0 Å². The Kier molecular flexibility index (Phi) is 3.38. The summed E-state index contributed by atoms with van der Waals surface area (Å²) in [5.41, 5.74) is 7.43. The number of rotatable bonds is 3. The molecule has 4 unspecified atom stereocenters. The fraction of sp³-hybridized carbons (Fsp3) is 0.421. The first-order valence-electron chi connectivity index (χ1n) is 8.24. The number of carbonyl (C=O) groups excluding carboxylic acids is 1. The van der Waals surface area contributed by atoms with Crippen molar-refractivity contribution in [2.45, 2.75) is 31.8 Å².